The lowest BCUT2D eigenvalue weighted by Gasteiger charge is -2.33. The molecule has 2 aromatic carbocycles. The number of thiophene rings is 1. The minimum atomic E-state index is -0.370. The Morgan fingerprint density at radius 1 is 1.18 bits per heavy atom. The number of ether oxygens (including phenoxy) is 1. The summed E-state index contributed by atoms with van der Waals surface area (Å²) >= 11 is 2.81. The van der Waals surface area contributed by atoms with E-state index in [4.69, 9.17) is 9.72 Å². The molecule has 2 heterocycles. The maximum absolute atomic E-state index is 14.0. The number of rotatable bonds is 6. The smallest absolute Gasteiger partial charge is 0.267 e. The van der Waals surface area contributed by atoms with Crippen LogP contribution in [0, 0.1) is 17.2 Å². The van der Waals surface area contributed by atoms with Gasteiger partial charge in [-0.25, -0.2) is 9.37 Å². The number of hydrogen-bond donors (Lipinski definition) is 1. The molecule has 38 heavy (non-hydrogen) atoms. The number of halogens is 1. The molecular weight excluding hydrogens is 521 g/mol. The van der Waals surface area contributed by atoms with Crippen LogP contribution >= 0.6 is 23.1 Å². The monoisotopic (exact) mass is 551 g/mol. The van der Waals surface area contributed by atoms with Gasteiger partial charge in [-0.15, -0.1) is 11.3 Å². The molecule has 198 valence electrons. The van der Waals surface area contributed by atoms with Crippen molar-refractivity contribution in [3.63, 3.8) is 0 Å². The maximum Gasteiger partial charge on any atom is 0.267 e. The van der Waals surface area contributed by atoms with E-state index in [0.29, 0.717) is 33.6 Å². The van der Waals surface area contributed by atoms with Gasteiger partial charge in [-0.1, -0.05) is 32.5 Å². The summed E-state index contributed by atoms with van der Waals surface area (Å²) in [7, 11) is 1.60. The van der Waals surface area contributed by atoms with E-state index in [1.807, 2.05) is 12.1 Å². The molecule has 2 aromatic heterocycles. The van der Waals surface area contributed by atoms with Crippen molar-refractivity contribution in [3.8, 4) is 11.4 Å². The number of amides is 1. The fourth-order valence-electron chi connectivity index (χ4n) is 4.86. The first kappa shape index (κ1) is 26.4. The van der Waals surface area contributed by atoms with Crippen LogP contribution in [0.5, 0.6) is 5.75 Å². The Labute approximate surface area is 229 Å². The van der Waals surface area contributed by atoms with Gasteiger partial charge in [0.15, 0.2) is 5.16 Å². The average molecular weight is 552 g/mol. The predicted molar refractivity (Wildman–Crippen MR) is 152 cm³/mol. The highest BCUT2D eigenvalue weighted by Gasteiger charge is 2.32. The normalized spacial score (nSPS) is 15.3. The van der Waals surface area contributed by atoms with Gasteiger partial charge in [-0.05, 0) is 84.7 Å². The molecule has 0 saturated heterocycles. The highest BCUT2D eigenvalue weighted by molar-refractivity contribution is 7.99. The molecule has 0 bridgehead atoms. The molecule has 0 fully saturated rings. The summed E-state index contributed by atoms with van der Waals surface area (Å²) in [4.78, 5) is 33.6. The number of aromatic nitrogens is 2. The molecule has 1 atom stereocenters. The van der Waals surface area contributed by atoms with Crippen molar-refractivity contribution in [3.05, 3.63) is 75.1 Å². The Morgan fingerprint density at radius 3 is 2.55 bits per heavy atom. The van der Waals surface area contributed by atoms with E-state index in [0.717, 1.165) is 29.7 Å². The first-order chi connectivity index (χ1) is 18.1. The number of carbonyl (C=O) groups excluding carboxylic acids is 1. The largest absolute Gasteiger partial charge is 0.497 e. The number of thioether (sulfide) groups is 1. The van der Waals surface area contributed by atoms with Crippen molar-refractivity contribution in [1.29, 1.82) is 0 Å². The minimum Gasteiger partial charge on any atom is -0.497 e. The molecule has 1 unspecified atom stereocenters. The van der Waals surface area contributed by atoms with E-state index < -0.39 is 0 Å². The first-order valence-corrected chi connectivity index (χ1v) is 14.3. The van der Waals surface area contributed by atoms with Gasteiger partial charge >= 0.3 is 0 Å². The van der Waals surface area contributed by atoms with Crippen molar-refractivity contribution >= 4 is 44.9 Å². The van der Waals surface area contributed by atoms with Gasteiger partial charge in [-0.3, -0.25) is 14.2 Å². The third kappa shape index (κ3) is 5.35. The van der Waals surface area contributed by atoms with E-state index in [-0.39, 0.29) is 28.5 Å². The highest BCUT2D eigenvalue weighted by atomic mass is 32.2. The second kappa shape index (κ2) is 10.5. The number of methoxy groups -OCH3 is 1. The van der Waals surface area contributed by atoms with E-state index >= 15 is 0 Å². The first-order valence-electron chi connectivity index (χ1n) is 12.5. The van der Waals surface area contributed by atoms with Gasteiger partial charge < -0.3 is 10.1 Å². The Balaban J connectivity index is 1.52. The second-order valence-electron chi connectivity index (χ2n) is 10.6. The number of nitrogens with one attached hydrogen (secondary N) is 1. The van der Waals surface area contributed by atoms with Crippen molar-refractivity contribution in [1.82, 2.24) is 9.55 Å². The number of hydrogen-bond acceptors (Lipinski definition) is 6. The molecule has 0 saturated carbocycles. The summed E-state index contributed by atoms with van der Waals surface area (Å²) in [6.45, 7) is 6.82. The number of anilines is 1. The zero-order chi connectivity index (χ0) is 27.0. The van der Waals surface area contributed by atoms with Crippen LogP contribution in [0.4, 0.5) is 10.1 Å². The summed E-state index contributed by atoms with van der Waals surface area (Å²) in [5, 5.41) is 3.91. The molecule has 0 aliphatic heterocycles. The third-order valence-corrected chi connectivity index (χ3v) is 9.15. The van der Waals surface area contributed by atoms with Crippen LogP contribution in [0.25, 0.3) is 15.9 Å². The van der Waals surface area contributed by atoms with Crippen molar-refractivity contribution < 1.29 is 13.9 Å². The molecule has 1 aliphatic carbocycles. The lowest BCUT2D eigenvalue weighted by molar-refractivity contribution is -0.113. The van der Waals surface area contributed by atoms with Crippen molar-refractivity contribution in [2.24, 2.45) is 11.3 Å². The van der Waals surface area contributed by atoms with Crippen LogP contribution in [0.15, 0.2) is 58.5 Å². The van der Waals surface area contributed by atoms with Gasteiger partial charge in [0.1, 0.15) is 16.4 Å². The molecule has 9 heteroatoms. The van der Waals surface area contributed by atoms with Crippen molar-refractivity contribution in [2.75, 3.05) is 18.2 Å². The molecule has 5 rings (SSSR count). The van der Waals surface area contributed by atoms with Crippen molar-refractivity contribution in [2.45, 2.75) is 45.2 Å². The van der Waals surface area contributed by atoms with Crippen LogP contribution in [-0.2, 0) is 17.6 Å². The van der Waals surface area contributed by atoms with Crippen LogP contribution in [0.1, 0.15) is 37.6 Å². The number of fused-ring (bicyclic) bond motifs is 3. The molecule has 6 nitrogen and oxygen atoms in total. The molecule has 4 aromatic rings. The third-order valence-electron chi connectivity index (χ3n) is 7.07. The second-order valence-corrected chi connectivity index (χ2v) is 12.6. The Bertz CT molecular complexity index is 1540. The number of nitrogens with zero attached hydrogens (tertiary/aromatic N) is 2. The molecule has 0 spiro atoms. The van der Waals surface area contributed by atoms with Crippen LogP contribution in [0.2, 0.25) is 0 Å². The van der Waals surface area contributed by atoms with Gasteiger partial charge in [0.05, 0.1) is 23.9 Å². The Kier molecular flexibility index (Phi) is 7.33. The molecule has 1 aliphatic rings. The summed E-state index contributed by atoms with van der Waals surface area (Å²) in [5.41, 5.74) is 2.37. The molecule has 1 amide bonds. The van der Waals surface area contributed by atoms with E-state index in [2.05, 4.69) is 26.1 Å². The van der Waals surface area contributed by atoms with Crippen LogP contribution in [0.3, 0.4) is 0 Å². The van der Waals surface area contributed by atoms with E-state index in [1.165, 1.54) is 40.9 Å². The standard InChI is InChI=1S/C29H30FN3O3S2/c1-29(2,3)17-5-14-22-23(15-17)38-26-25(22)27(35)33(20-10-12-21(36-4)13-11-20)28(32-26)37-16-24(34)31-19-8-6-18(30)7-9-19/h6-13,17H,5,14-16H2,1-4H3,(H,31,34). The highest BCUT2D eigenvalue weighted by Crippen LogP contribution is 2.42. The van der Waals surface area contributed by atoms with Crippen LogP contribution < -0.4 is 15.6 Å². The van der Waals surface area contributed by atoms with E-state index in [1.54, 1.807) is 35.1 Å². The topological polar surface area (TPSA) is 73.2 Å². The quantitative estimate of drug-likeness (QED) is 0.219. The lowest BCUT2D eigenvalue weighted by atomic mass is 9.72. The predicted octanol–water partition coefficient (Wildman–Crippen LogP) is 6.48. The average Bonchev–Trinajstić information content (AvgIpc) is 3.26. The Morgan fingerprint density at radius 2 is 1.89 bits per heavy atom. The molecular formula is C29H30FN3O3S2. The summed E-state index contributed by atoms with van der Waals surface area (Å²) < 4.78 is 20.1. The summed E-state index contributed by atoms with van der Waals surface area (Å²) in [6.07, 6.45) is 2.86. The molecule has 0 radical (unpaired) electrons. The van der Waals surface area contributed by atoms with Gasteiger partial charge in [0.2, 0.25) is 5.91 Å². The fourth-order valence-corrected chi connectivity index (χ4v) is 7.02. The van der Waals surface area contributed by atoms with Crippen LogP contribution in [-0.4, -0.2) is 28.3 Å². The number of carbonyl (C=O) groups is 1. The zero-order valence-electron chi connectivity index (χ0n) is 21.8. The Hall–Kier alpha value is -3.17. The maximum atomic E-state index is 14.0. The number of benzene rings is 2. The van der Waals surface area contributed by atoms with E-state index in [9.17, 15) is 14.0 Å². The fraction of sp³-hybridized carbons (Fsp3) is 0.345. The minimum absolute atomic E-state index is 0.0443. The van der Waals surface area contributed by atoms with Gasteiger partial charge in [0, 0.05) is 10.6 Å². The summed E-state index contributed by atoms with van der Waals surface area (Å²) in [6, 6.07) is 12.9. The lowest BCUT2D eigenvalue weighted by Crippen LogP contribution is -2.27. The van der Waals surface area contributed by atoms with Gasteiger partial charge in [0.25, 0.3) is 5.56 Å². The SMILES string of the molecule is COc1ccc(-n2c(SCC(=O)Nc3ccc(F)cc3)nc3sc4c(c3c2=O)CCC(C(C)(C)C)C4)cc1. The summed E-state index contributed by atoms with van der Waals surface area (Å²) in [5.74, 6) is 0.644. The zero-order valence-corrected chi connectivity index (χ0v) is 23.5. The van der Waals surface area contributed by atoms with Gasteiger partial charge in [-0.2, -0.15) is 0 Å². The number of aryl methyl sites for hydroxylation is 1. The molecule has 1 N–H and O–H groups in total.